The predicted octanol–water partition coefficient (Wildman–Crippen LogP) is 5.62. The molecular formula is C29H36O3. The predicted molar refractivity (Wildman–Crippen MR) is 132 cm³/mol. The zero-order valence-corrected chi connectivity index (χ0v) is 19.6. The first-order chi connectivity index (χ1) is 15.5. The van der Waals surface area contributed by atoms with Gasteiger partial charge in [-0.15, -0.1) is 0 Å². The first-order valence-corrected chi connectivity index (χ1v) is 11.6. The van der Waals surface area contributed by atoms with Crippen LogP contribution in [0.15, 0.2) is 54.6 Å². The summed E-state index contributed by atoms with van der Waals surface area (Å²) in [6.07, 6.45) is 3.65. The molecule has 0 amide bonds. The van der Waals surface area contributed by atoms with Crippen LogP contribution in [-0.2, 0) is 26.1 Å². The van der Waals surface area contributed by atoms with E-state index in [0.717, 1.165) is 36.8 Å². The molecule has 170 valence electrons. The highest BCUT2D eigenvalue weighted by molar-refractivity contribution is 5.71. The van der Waals surface area contributed by atoms with Crippen molar-refractivity contribution in [3.8, 4) is 11.1 Å². The zero-order chi connectivity index (χ0) is 23.1. The van der Waals surface area contributed by atoms with Crippen molar-refractivity contribution in [2.75, 3.05) is 6.61 Å². The summed E-state index contributed by atoms with van der Waals surface area (Å²) in [4.78, 5) is 0. The van der Waals surface area contributed by atoms with Crippen LogP contribution < -0.4 is 0 Å². The summed E-state index contributed by atoms with van der Waals surface area (Å²) in [7, 11) is 0. The Balaban J connectivity index is 1.82. The Kier molecular flexibility index (Phi) is 8.63. The Morgan fingerprint density at radius 3 is 2.00 bits per heavy atom. The third kappa shape index (κ3) is 5.66. The summed E-state index contributed by atoms with van der Waals surface area (Å²) in [6.45, 7) is 6.64. The first kappa shape index (κ1) is 24.2. The van der Waals surface area contributed by atoms with Gasteiger partial charge >= 0.3 is 0 Å². The SMILES string of the molecule is CCC(CCO)c1ccc(-c2cc(CCc3ccc(CO)c(CO)c3)ccc2C)c(C)c1. The van der Waals surface area contributed by atoms with Crippen LogP contribution in [0.1, 0.15) is 64.6 Å². The number of aliphatic hydroxyl groups excluding tert-OH is 3. The van der Waals surface area contributed by atoms with E-state index in [2.05, 4.69) is 57.2 Å². The Hall–Kier alpha value is -2.46. The van der Waals surface area contributed by atoms with Gasteiger partial charge in [-0.1, -0.05) is 61.5 Å². The van der Waals surface area contributed by atoms with Crippen LogP contribution in [0.5, 0.6) is 0 Å². The second kappa shape index (κ2) is 11.4. The average molecular weight is 433 g/mol. The highest BCUT2D eigenvalue weighted by Gasteiger charge is 2.13. The highest BCUT2D eigenvalue weighted by atomic mass is 16.3. The van der Waals surface area contributed by atoms with E-state index in [-0.39, 0.29) is 19.8 Å². The molecule has 0 aliphatic carbocycles. The molecule has 0 radical (unpaired) electrons. The van der Waals surface area contributed by atoms with E-state index in [4.69, 9.17) is 0 Å². The van der Waals surface area contributed by atoms with Crippen LogP contribution in [0.3, 0.4) is 0 Å². The number of hydrogen-bond donors (Lipinski definition) is 3. The molecule has 3 heteroatoms. The number of hydrogen-bond acceptors (Lipinski definition) is 3. The standard InChI is InChI=1S/C29H36O3/c1-4-24(13-14-30)25-11-12-28(21(3)15-25)29-17-23(6-5-20(29)2)8-7-22-9-10-26(18-31)27(16-22)19-32/h5-6,9-12,15-17,24,30-32H,4,7-8,13-14,18-19H2,1-3H3. The van der Waals surface area contributed by atoms with E-state index in [9.17, 15) is 15.3 Å². The largest absolute Gasteiger partial charge is 0.396 e. The third-order valence-electron chi connectivity index (χ3n) is 6.60. The second-order valence-electron chi connectivity index (χ2n) is 8.76. The summed E-state index contributed by atoms with van der Waals surface area (Å²) < 4.78 is 0. The van der Waals surface area contributed by atoms with Crippen molar-refractivity contribution >= 4 is 0 Å². The fraction of sp³-hybridized carbons (Fsp3) is 0.379. The van der Waals surface area contributed by atoms with E-state index >= 15 is 0 Å². The fourth-order valence-electron chi connectivity index (χ4n) is 4.55. The monoisotopic (exact) mass is 432 g/mol. The number of benzene rings is 3. The summed E-state index contributed by atoms with van der Waals surface area (Å²) in [5.41, 5.74) is 10.4. The van der Waals surface area contributed by atoms with E-state index in [1.165, 1.54) is 38.9 Å². The molecule has 0 fully saturated rings. The Morgan fingerprint density at radius 1 is 0.688 bits per heavy atom. The van der Waals surface area contributed by atoms with Gasteiger partial charge in [-0.05, 0) is 95.5 Å². The summed E-state index contributed by atoms with van der Waals surface area (Å²) >= 11 is 0. The van der Waals surface area contributed by atoms with Gasteiger partial charge in [-0.25, -0.2) is 0 Å². The molecule has 0 bridgehead atoms. The number of aliphatic hydroxyl groups is 3. The smallest absolute Gasteiger partial charge is 0.0685 e. The molecule has 0 saturated heterocycles. The molecule has 0 aliphatic rings. The molecule has 1 unspecified atom stereocenters. The molecule has 32 heavy (non-hydrogen) atoms. The van der Waals surface area contributed by atoms with Crippen molar-refractivity contribution in [1.29, 1.82) is 0 Å². The van der Waals surface area contributed by atoms with Gasteiger partial charge in [-0.2, -0.15) is 0 Å². The Morgan fingerprint density at radius 2 is 1.38 bits per heavy atom. The lowest BCUT2D eigenvalue weighted by atomic mass is 9.88. The van der Waals surface area contributed by atoms with Gasteiger partial charge in [0.15, 0.2) is 0 Å². The topological polar surface area (TPSA) is 60.7 Å². The molecule has 3 aromatic carbocycles. The number of rotatable bonds is 10. The third-order valence-corrected chi connectivity index (χ3v) is 6.60. The van der Waals surface area contributed by atoms with Crippen LogP contribution in [-0.4, -0.2) is 21.9 Å². The summed E-state index contributed by atoms with van der Waals surface area (Å²) in [6, 6.07) is 19.4. The normalized spacial score (nSPS) is 12.2. The van der Waals surface area contributed by atoms with E-state index in [0.29, 0.717) is 5.92 Å². The quantitative estimate of drug-likeness (QED) is 0.390. The molecule has 3 N–H and O–H groups in total. The minimum Gasteiger partial charge on any atom is -0.396 e. The van der Waals surface area contributed by atoms with Crippen molar-refractivity contribution in [2.24, 2.45) is 0 Å². The summed E-state index contributed by atoms with van der Waals surface area (Å²) in [5.74, 6) is 0.404. The van der Waals surface area contributed by atoms with E-state index in [1.807, 2.05) is 18.2 Å². The minimum atomic E-state index is -0.0507. The van der Waals surface area contributed by atoms with Crippen LogP contribution in [0, 0.1) is 13.8 Å². The first-order valence-electron chi connectivity index (χ1n) is 11.6. The van der Waals surface area contributed by atoms with Crippen molar-refractivity contribution in [3.63, 3.8) is 0 Å². The van der Waals surface area contributed by atoms with Crippen LogP contribution in [0.25, 0.3) is 11.1 Å². The van der Waals surface area contributed by atoms with Crippen LogP contribution in [0.4, 0.5) is 0 Å². The van der Waals surface area contributed by atoms with Gasteiger partial charge in [0.25, 0.3) is 0 Å². The Bertz CT molecular complexity index is 1040. The van der Waals surface area contributed by atoms with Crippen molar-refractivity contribution in [2.45, 2.75) is 65.6 Å². The second-order valence-corrected chi connectivity index (χ2v) is 8.76. The molecule has 1 atom stereocenters. The molecule has 3 nitrogen and oxygen atoms in total. The van der Waals surface area contributed by atoms with Gasteiger partial charge in [0.05, 0.1) is 13.2 Å². The highest BCUT2D eigenvalue weighted by Crippen LogP contribution is 2.32. The van der Waals surface area contributed by atoms with Crippen LogP contribution >= 0.6 is 0 Å². The zero-order valence-electron chi connectivity index (χ0n) is 19.6. The van der Waals surface area contributed by atoms with E-state index < -0.39 is 0 Å². The van der Waals surface area contributed by atoms with Gasteiger partial charge in [0.1, 0.15) is 0 Å². The lowest BCUT2D eigenvalue weighted by molar-refractivity contribution is 0.260. The molecule has 0 spiro atoms. The molecular weight excluding hydrogens is 396 g/mol. The van der Waals surface area contributed by atoms with Gasteiger partial charge < -0.3 is 15.3 Å². The molecule has 3 aromatic rings. The van der Waals surface area contributed by atoms with Gasteiger partial charge in [0.2, 0.25) is 0 Å². The lowest BCUT2D eigenvalue weighted by Crippen LogP contribution is -2.01. The fourth-order valence-corrected chi connectivity index (χ4v) is 4.55. The Labute approximate surface area is 192 Å². The maximum absolute atomic E-state index is 9.55. The average Bonchev–Trinajstić information content (AvgIpc) is 2.82. The molecule has 0 aromatic heterocycles. The van der Waals surface area contributed by atoms with Crippen LogP contribution in [0.2, 0.25) is 0 Å². The molecule has 0 heterocycles. The summed E-state index contributed by atoms with van der Waals surface area (Å²) in [5, 5.41) is 28.3. The van der Waals surface area contributed by atoms with Gasteiger partial charge in [0, 0.05) is 6.61 Å². The lowest BCUT2D eigenvalue weighted by Gasteiger charge is -2.18. The maximum atomic E-state index is 9.55. The number of aryl methyl sites for hydroxylation is 4. The van der Waals surface area contributed by atoms with Crippen molar-refractivity contribution in [3.05, 3.63) is 93.5 Å². The molecule has 3 rings (SSSR count). The molecule has 0 aliphatic heterocycles. The van der Waals surface area contributed by atoms with Crippen molar-refractivity contribution in [1.82, 2.24) is 0 Å². The van der Waals surface area contributed by atoms with Crippen molar-refractivity contribution < 1.29 is 15.3 Å². The maximum Gasteiger partial charge on any atom is 0.0685 e. The molecule has 0 saturated carbocycles. The van der Waals surface area contributed by atoms with E-state index in [1.54, 1.807) is 0 Å². The minimum absolute atomic E-state index is 0.0470. The van der Waals surface area contributed by atoms with Gasteiger partial charge in [-0.3, -0.25) is 0 Å².